The largest absolute Gasteiger partial charge is 0.469 e. The first-order valence-corrected chi connectivity index (χ1v) is 10.6. The van der Waals surface area contributed by atoms with E-state index < -0.39 is 8.32 Å². The molecule has 0 heterocycles. The standard InChI is InChI=1S/C21H28O3Si/c1-17(20(22)23-5)16-24-25(21(2,3)4,18-12-8-6-9-13-18)19-14-10-7-11-15-19/h6-15,17H,16H2,1-5H3. The summed E-state index contributed by atoms with van der Waals surface area (Å²) < 4.78 is 11.6. The van der Waals surface area contributed by atoms with Crippen LogP contribution in [0.3, 0.4) is 0 Å². The molecule has 0 fully saturated rings. The number of benzene rings is 2. The molecule has 25 heavy (non-hydrogen) atoms. The highest BCUT2D eigenvalue weighted by Gasteiger charge is 2.50. The van der Waals surface area contributed by atoms with E-state index in [-0.39, 0.29) is 16.9 Å². The van der Waals surface area contributed by atoms with E-state index in [9.17, 15) is 4.79 Å². The van der Waals surface area contributed by atoms with Gasteiger partial charge in [-0.1, -0.05) is 81.4 Å². The van der Waals surface area contributed by atoms with E-state index in [2.05, 4.69) is 69.3 Å². The Bertz CT molecular complexity index is 638. The fraction of sp³-hybridized carbons (Fsp3) is 0.381. The summed E-state index contributed by atoms with van der Waals surface area (Å²) in [6.07, 6.45) is 0. The fourth-order valence-corrected chi connectivity index (χ4v) is 7.94. The zero-order valence-corrected chi connectivity index (χ0v) is 16.8. The molecule has 2 aromatic carbocycles. The summed E-state index contributed by atoms with van der Waals surface area (Å²) in [5.41, 5.74) is 0. The molecule has 3 nitrogen and oxygen atoms in total. The second-order valence-corrected chi connectivity index (χ2v) is 11.7. The van der Waals surface area contributed by atoms with E-state index in [1.165, 1.54) is 17.5 Å². The molecule has 2 aromatic rings. The summed E-state index contributed by atoms with van der Waals surface area (Å²) in [4.78, 5) is 11.9. The number of rotatable bonds is 6. The van der Waals surface area contributed by atoms with Gasteiger partial charge >= 0.3 is 5.97 Å². The van der Waals surface area contributed by atoms with Gasteiger partial charge in [-0.05, 0) is 22.3 Å². The molecule has 0 aromatic heterocycles. The molecule has 0 saturated heterocycles. The van der Waals surface area contributed by atoms with Crippen LogP contribution in [0.1, 0.15) is 27.7 Å². The second kappa shape index (κ2) is 7.98. The van der Waals surface area contributed by atoms with E-state index in [1.807, 2.05) is 19.1 Å². The maximum absolute atomic E-state index is 11.9. The zero-order valence-electron chi connectivity index (χ0n) is 15.8. The third kappa shape index (κ3) is 4.02. The van der Waals surface area contributed by atoms with Gasteiger partial charge in [-0.25, -0.2) is 0 Å². The summed E-state index contributed by atoms with van der Waals surface area (Å²) in [5, 5.41) is 2.34. The van der Waals surface area contributed by atoms with Gasteiger partial charge in [0, 0.05) is 6.61 Å². The van der Waals surface area contributed by atoms with Crippen molar-refractivity contribution in [2.45, 2.75) is 32.7 Å². The molecule has 134 valence electrons. The van der Waals surface area contributed by atoms with E-state index in [0.29, 0.717) is 6.61 Å². The first-order valence-electron chi connectivity index (χ1n) is 8.65. The zero-order chi connectivity index (χ0) is 18.5. The SMILES string of the molecule is COC(=O)C(C)CO[Si](c1ccccc1)(c1ccccc1)C(C)(C)C. The van der Waals surface area contributed by atoms with Crippen LogP contribution in [0, 0.1) is 5.92 Å². The predicted octanol–water partition coefficient (Wildman–Crippen LogP) is 3.37. The number of carbonyl (C=O) groups is 1. The van der Waals surface area contributed by atoms with Gasteiger partial charge in [-0.2, -0.15) is 0 Å². The molecule has 0 saturated carbocycles. The predicted molar refractivity (Wildman–Crippen MR) is 105 cm³/mol. The van der Waals surface area contributed by atoms with Crippen LogP contribution in [0.15, 0.2) is 60.7 Å². The molecule has 0 radical (unpaired) electrons. The van der Waals surface area contributed by atoms with Crippen molar-refractivity contribution < 1.29 is 14.0 Å². The Morgan fingerprint density at radius 3 is 1.76 bits per heavy atom. The van der Waals surface area contributed by atoms with E-state index >= 15 is 0 Å². The smallest absolute Gasteiger partial charge is 0.310 e. The average Bonchev–Trinajstić information content (AvgIpc) is 2.62. The molecule has 0 aliphatic carbocycles. The topological polar surface area (TPSA) is 35.5 Å². The molecule has 0 spiro atoms. The lowest BCUT2D eigenvalue weighted by Gasteiger charge is -2.43. The number of esters is 1. The minimum Gasteiger partial charge on any atom is -0.469 e. The Kier molecular flexibility index (Phi) is 6.19. The highest BCUT2D eigenvalue weighted by molar-refractivity contribution is 6.99. The Balaban J connectivity index is 2.55. The maximum Gasteiger partial charge on any atom is 0.310 e. The van der Waals surface area contributed by atoms with Crippen molar-refractivity contribution in [3.63, 3.8) is 0 Å². The minimum atomic E-state index is -2.58. The van der Waals surface area contributed by atoms with Crippen molar-refractivity contribution in [1.29, 1.82) is 0 Å². The summed E-state index contributed by atoms with van der Waals surface area (Å²) in [6.45, 7) is 8.87. The molecular formula is C21H28O3Si. The molecule has 0 bridgehead atoms. The lowest BCUT2D eigenvalue weighted by molar-refractivity contribution is -0.145. The van der Waals surface area contributed by atoms with Crippen molar-refractivity contribution in [1.82, 2.24) is 0 Å². The Morgan fingerprint density at radius 2 is 1.40 bits per heavy atom. The monoisotopic (exact) mass is 356 g/mol. The lowest BCUT2D eigenvalue weighted by atomic mass is 10.2. The van der Waals surface area contributed by atoms with Gasteiger partial charge < -0.3 is 9.16 Å². The Labute approximate surface area is 152 Å². The molecule has 1 atom stereocenters. The normalized spacial score (nSPS) is 13.3. The Morgan fingerprint density at radius 1 is 0.960 bits per heavy atom. The molecule has 4 heteroatoms. The third-order valence-electron chi connectivity index (χ3n) is 4.57. The summed E-state index contributed by atoms with van der Waals surface area (Å²) in [6, 6.07) is 20.8. The maximum atomic E-state index is 11.9. The van der Waals surface area contributed by atoms with Crippen LogP contribution >= 0.6 is 0 Å². The average molecular weight is 357 g/mol. The van der Waals surface area contributed by atoms with E-state index in [4.69, 9.17) is 9.16 Å². The van der Waals surface area contributed by atoms with E-state index in [1.54, 1.807) is 0 Å². The van der Waals surface area contributed by atoms with Crippen LogP contribution in [-0.2, 0) is 14.0 Å². The highest BCUT2D eigenvalue weighted by atomic mass is 28.4. The molecule has 0 aliphatic heterocycles. The van der Waals surface area contributed by atoms with Gasteiger partial charge in [0.1, 0.15) is 0 Å². The summed E-state index contributed by atoms with van der Waals surface area (Å²) in [7, 11) is -1.16. The third-order valence-corrected chi connectivity index (χ3v) is 9.58. The first kappa shape index (κ1) is 19.4. The van der Waals surface area contributed by atoms with Gasteiger partial charge in [0.15, 0.2) is 0 Å². The van der Waals surface area contributed by atoms with Crippen LogP contribution in [-0.4, -0.2) is 28.0 Å². The number of ether oxygens (including phenoxy) is 1. The van der Waals surface area contributed by atoms with Crippen LogP contribution < -0.4 is 10.4 Å². The van der Waals surface area contributed by atoms with Gasteiger partial charge in [0.25, 0.3) is 8.32 Å². The number of hydrogen-bond acceptors (Lipinski definition) is 3. The number of carbonyl (C=O) groups excluding carboxylic acids is 1. The quantitative estimate of drug-likeness (QED) is 0.588. The van der Waals surface area contributed by atoms with Gasteiger partial charge in [-0.15, -0.1) is 0 Å². The molecule has 1 unspecified atom stereocenters. The molecule has 0 aliphatic rings. The molecule has 0 N–H and O–H groups in total. The molecule has 2 rings (SSSR count). The molecular weight excluding hydrogens is 328 g/mol. The van der Waals surface area contributed by atoms with Crippen molar-refractivity contribution in [3.05, 3.63) is 60.7 Å². The van der Waals surface area contributed by atoms with Crippen LogP contribution in [0.25, 0.3) is 0 Å². The Hall–Kier alpha value is -1.91. The van der Waals surface area contributed by atoms with Crippen molar-refractivity contribution in [2.24, 2.45) is 5.92 Å². The highest BCUT2D eigenvalue weighted by Crippen LogP contribution is 2.37. The van der Waals surface area contributed by atoms with Gasteiger partial charge in [-0.3, -0.25) is 4.79 Å². The summed E-state index contributed by atoms with van der Waals surface area (Å²) >= 11 is 0. The van der Waals surface area contributed by atoms with Crippen molar-refractivity contribution in [3.8, 4) is 0 Å². The fourth-order valence-electron chi connectivity index (χ4n) is 3.28. The van der Waals surface area contributed by atoms with Crippen LogP contribution in [0.2, 0.25) is 5.04 Å². The molecule has 0 amide bonds. The van der Waals surface area contributed by atoms with Crippen molar-refractivity contribution >= 4 is 24.7 Å². The summed E-state index contributed by atoms with van der Waals surface area (Å²) in [5.74, 6) is -0.537. The second-order valence-electron chi connectivity index (χ2n) is 7.40. The van der Waals surface area contributed by atoms with Gasteiger partial charge in [0.05, 0.1) is 13.0 Å². The number of methoxy groups -OCH3 is 1. The first-order chi connectivity index (χ1) is 11.8. The van der Waals surface area contributed by atoms with Crippen LogP contribution in [0.5, 0.6) is 0 Å². The number of hydrogen-bond donors (Lipinski definition) is 0. The van der Waals surface area contributed by atoms with E-state index in [0.717, 1.165) is 0 Å². The van der Waals surface area contributed by atoms with Crippen LogP contribution in [0.4, 0.5) is 0 Å². The van der Waals surface area contributed by atoms with Crippen molar-refractivity contribution in [2.75, 3.05) is 13.7 Å². The minimum absolute atomic E-state index is 0.0917. The van der Waals surface area contributed by atoms with Gasteiger partial charge in [0.2, 0.25) is 0 Å². The lowest BCUT2D eigenvalue weighted by Crippen LogP contribution is -2.67.